The lowest BCUT2D eigenvalue weighted by Gasteiger charge is -2.05. The van der Waals surface area contributed by atoms with Crippen LogP contribution in [0.5, 0.6) is 5.75 Å². The molecular formula is C20H28O2. The predicted molar refractivity (Wildman–Crippen MR) is 95.8 cm³/mol. The van der Waals surface area contributed by atoms with E-state index in [1.165, 1.54) is 5.56 Å². The molecule has 0 saturated carbocycles. The van der Waals surface area contributed by atoms with Gasteiger partial charge in [0.1, 0.15) is 5.75 Å². The van der Waals surface area contributed by atoms with Crippen LogP contribution in [0.3, 0.4) is 0 Å². The first-order chi connectivity index (χ1) is 10.8. The maximum Gasteiger partial charge on any atom is 0.154 e. The molecule has 0 radical (unpaired) electrons. The molecule has 22 heavy (non-hydrogen) atoms. The molecule has 2 nitrogen and oxygen atoms in total. The van der Waals surface area contributed by atoms with Crippen LogP contribution in [0, 0.1) is 0 Å². The number of hydrogen-bond donors (Lipinski definition) is 1. The number of phenolic OH excluding ortho intramolecular Hbond substituents is 1. The quantitative estimate of drug-likeness (QED) is 0.572. The van der Waals surface area contributed by atoms with Gasteiger partial charge in [0.15, 0.2) is 6.29 Å². The number of carbonyl (C=O) groups is 1. The largest absolute Gasteiger partial charge is 0.507 e. The zero-order valence-electron chi connectivity index (χ0n) is 14.6. The highest BCUT2D eigenvalue weighted by Gasteiger charge is 2.22. The fourth-order valence-corrected chi connectivity index (χ4v) is 2.36. The summed E-state index contributed by atoms with van der Waals surface area (Å²) in [6, 6.07) is 11.5. The molecule has 1 aliphatic rings. The van der Waals surface area contributed by atoms with Gasteiger partial charge in [-0.2, -0.15) is 0 Å². The van der Waals surface area contributed by atoms with Crippen molar-refractivity contribution in [3.05, 3.63) is 53.1 Å². The van der Waals surface area contributed by atoms with Crippen LogP contribution in [0.25, 0.3) is 11.1 Å². The highest BCUT2D eigenvalue weighted by atomic mass is 16.3. The van der Waals surface area contributed by atoms with Crippen molar-refractivity contribution in [1.29, 1.82) is 0 Å². The fourth-order valence-electron chi connectivity index (χ4n) is 2.36. The number of phenols is 1. The van der Waals surface area contributed by atoms with Crippen molar-refractivity contribution in [3.63, 3.8) is 0 Å². The first kappa shape index (κ1) is 19.9. The first-order valence-electron chi connectivity index (χ1n) is 8.19. The molecule has 120 valence electrons. The Morgan fingerprint density at radius 2 is 1.45 bits per heavy atom. The molecule has 0 aliphatic heterocycles. The summed E-state index contributed by atoms with van der Waals surface area (Å²) in [6.45, 7) is 12.0. The molecule has 2 aromatic rings. The standard InChI is InChI=1S/C14H10O2.3C2H6/c15-8-12-13(16)6-5-10-7-9-3-1-2-4-11(9)14(10)12;3*1-2/h1-6,8,16H,7H2;3*1-2H3. The number of fused-ring (bicyclic) bond motifs is 3. The Balaban J connectivity index is 0.000000661. The molecular weight excluding hydrogens is 272 g/mol. The maximum atomic E-state index is 11.0. The van der Waals surface area contributed by atoms with Crippen LogP contribution in [0.1, 0.15) is 63.0 Å². The van der Waals surface area contributed by atoms with E-state index < -0.39 is 0 Å². The topological polar surface area (TPSA) is 37.3 Å². The van der Waals surface area contributed by atoms with Gasteiger partial charge in [-0.3, -0.25) is 4.79 Å². The molecule has 3 rings (SSSR count). The summed E-state index contributed by atoms with van der Waals surface area (Å²) >= 11 is 0. The van der Waals surface area contributed by atoms with Crippen molar-refractivity contribution in [3.8, 4) is 16.9 Å². The Bertz CT molecular complexity index is 586. The SMILES string of the molecule is CC.CC.CC.O=Cc1c(O)ccc2c1-c1ccccc1C2. The van der Waals surface area contributed by atoms with Crippen molar-refractivity contribution in [2.24, 2.45) is 0 Å². The van der Waals surface area contributed by atoms with E-state index in [1.54, 1.807) is 6.07 Å². The van der Waals surface area contributed by atoms with Crippen LogP contribution in [0.2, 0.25) is 0 Å². The van der Waals surface area contributed by atoms with Crippen molar-refractivity contribution in [2.45, 2.75) is 48.0 Å². The van der Waals surface area contributed by atoms with Gasteiger partial charge in [0, 0.05) is 0 Å². The average molecular weight is 300 g/mol. The van der Waals surface area contributed by atoms with Crippen molar-refractivity contribution < 1.29 is 9.90 Å². The highest BCUT2D eigenvalue weighted by molar-refractivity contribution is 5.95. The molecule has 0 aromatic heterocycles. The van der Waals surface area contributed by atoms with Gasteiger partial charge in [0.05, 0.1) is 5.56 Å². The molecule has 0 heterocycles. The number of benzene rings is 2. The van der Waals surface area contributed by atoms with E-state index in [4.69, 9.17) is 0 Å². The smallest absolute Gasteiger partial charge is 0.154 e. The van der Waals surface area contributed by atoms with Gasteiger partial charge >= 0.3 is 0 Å². The summed E-state index contributed by atoms with van der Waals surface area (Å²) in [6.07, 6.45) is 1.57. The van der Waals surface area contributed by atoms with E-state index in [0.29, 0.717) is 5.56 Å². The van der Waals surface area contributed by atoms with Crippen LogP contribution in [0.15, 0.2) is 36.4 Å². The normalized spacial score (nSPS) is 9.55. The zero-order valence-corrected chi connectivity index (χ0v) is 14.6. The lowest BCUT2D eigenvalue weighted by Crippen LogP contribution is -1.89. The average Bonchev–Trinajstić information content (AvgIpc) is 2.99. The second kappa shape index (κ2) is 10.6. The fraction of sp³-hybridized carbons (Fsp3) is 0.350. The summed E-state index contributed by atoms with van der Waals surface area (Å²) in [7, 11) is 0. The van der Waals surface area contributed by atoms with Gasteiger partial charge in [-0.05, 0) is 34.7 Å². The van der Waals surface area contributed by atoms with Gasteiger partial charge in [-0.1, -0.05) is 71.9 Å². The van der Waals surface area contributed by atoms with Crippen LogP contribution in [-0.2, 0) is 6.42 Å². The molecule has 0 amide bonds. The Hall–Kier alpha value is -2.09. The third kappa shape index (κ3) is 3.97. The van der Waals surface area contributed by atoms with Crippen LogP contribution >= 0.6 is 0 Å². The lowest BCUT2D eigenvalue weighted by atomic mass is 9.99. The Kier molecular flexibility index (Phi) is 9.60. The van der Waals surface area contributed by atoms with E-state index in [0.717, 1.165) is 29.4 Å². The van der Waals surface area contributed by atoms with Gasteiger partial charge in [-0.25, -0.2) is 0 Å². The summed E-state index contributed by atoms with van der Waals surface area (Å²) in [5.74, 6) is 0.0606. The monoisotopic (exact) mass is 300 g/mol. The number of hydrogen-bond acceptors (Lipinski definition) is 2. The molecule has 0 saturated heterocycles. The van der Waals surface area contributed by atoms with Gasteiger partial charge in [0.25, 0.3) is 0 Å². The lowest BCUT2D eigenvalue weighted by molar-refractivity contribution is 0.112. The van der Waals surface area contributed by atoms with Crippen molar-refractivity contribution >= 4 is 6.29 Å². The van der Waals surface area contributed by atoms with Crippen molar-refractivity contribution in [2.75, 3.05) is 0 Å². The van der Waals surface area contributed by atoms with Crippen molar-refractivity contribution in [1.82, 2.24) is 0 Å². The summed E-state index contributed by atoms with van der Waals surface area (Å²) < 4.78 is 0. The number of carbonyl (C=O) groups excluding carboxylic acids is 1. The van der Waals surface area contributed by atoms with Gasteiger partial charge < -0.3 is 5.11 Å². The molecule has 1 N–H and O–H groups in total. The van der Waals surface area contributed by atoms with Gasteiger partial charge in [-0.15, -0.1) is 0 Å². The van der Waals surface area contributed by atoms with Crippen LogP contribution in [0.4, 0.5) is 0 Å². The molecule has 2 aromatic carbocycles. The molecule has 1 aliphatic carbocycles. The van der Waals surface area contributed by atoms with Crippen LogP contribution < -0.4 is 0 Å². The molecule has 0 unspecified atom stereocenters. The van der Waals surface area contributed by atoms with Crippen LogP contribution in [-0.4, -0.2) is 11.4 Å². The molecule has 0 spiro atoms. The summed E-state index contributed by atoms with van der Waals surface area (Å²) in [5, 5.41) is 9.67. The molecule has 0 atom stereocenters. The van der Waals surface area contributed by atoms with Gasteiger partial charge in [0.2, 0.25) is 0 Å². The highest BCUT2D eigenvalue weighted by Crippen LogP contribution is 2.40. The molecule has 0 fully saturated rings. The Morgan fingerprint density at radius 3 is 2.05 bits per heavy atom. The van der Waals surface area contributed by atoms with E-state index in [-0.39, 0.29) is 5.75 Å². The minimum atomic E-state index is 0.0606. The minimum Gasteiger partial charge on any atom is -0.507 e. The zero-order chi connectivity index (χ0) is 17.1. The molecule has 0 bridgehead atoms. The van der Waals surface area contributed by atoms with E-state index in [9.17, 15) is 9.90 Å². The van der Waals surface area contributed by atoms with E-state index in [2.05, 4.69) is 6.07 Å². The first-order valence-corrected chi connectivity index (χ1v) is 8.19. The Morgan fingerprint density at radius 1 is 0.864 bits per heavy atom. The maximum absolute atomic E-state index is 11.0. The number of rotatable bonds is 1. The predicted octanol–water partition coefficient (Wildman–Crippen LogP) is 5.85. The molecule has 2 heteroatoms. The summed E-state index contributed by atoms with van der Waals surface area (Å²) in [4.78, 5) is 11.0. The number of aldehydes is 1. The minimum absolute atomic E-state index is 0.0606. The van der Waals surface area contributed by atoms with E-state index >= 15 is 0 Å². The number of aromatic hydroxyl groups is 1. The Labute approximate surface area is 134 Å². The third-order valence-corrected chi connectivity index (χ3v) is 3.09. The summed E-state index contributed by atoms with van der Waals surface area (Å²) in [5.41, 5.74) is 4.69. The second-order valence-corrected chi connectivity index (χ2v) is 3.98. The third-order valence-electron chi connectivity index (χ3n) is 3.09. The second-order valence-electron chi connectivity index (χ2n) is 3.98. The van der Waals surface area contributed by atoms with E-state index in [1.807, 2.05) is 65.8 Å².